The van der Waals surface area contributed by atoms with Crippen LogP contribution < -0.4 is 5.32 Å². The molecule has 7 heteroatoms. The van der Waals surface area contributed by atoms with E-state index in [0.29, 0.717) is 37.4 Å². The lowest BCUT2D eigenvalue weighted by atomic mass is 9.99. The van der Waals surface area contributed by atoms with Crippen molar-refractivity contribution < 1.29 is 4.79 Å². The van der Waals surface area contributed by atoms with E-state index in [1.165, 1.54) is 16.7 Å². The monoisotopic (exact) mass is 412 g/mol. The SMILES string of the molecule is O=C(CCc1nnc2ccc(NCc3ccccc3)nn12)N1CCc2ccccc2C1. The van der Waals surface area contributed by atoms with E-state index >= 15 is 0 Å². The van der Waals surface area contributed by atoms with Crippen molar-refractivity contribution in [2.75, 3.05) is 11.9 Å². The third-order valence-corrected chi connectivity index (χ3v) is 5.69. The molecular formula is C24H24N6O. The molecule has 4 aromatic rings. The number of aromatic nitrogens is 4. The molecule has 0 unspecified atom stereocenters. The first-order chi connectivity index (χ1) is 15.3. The van der Waals surface area contributed by atoms with Crippen LogP contribution in [0.4, 0.5) is 5.82 Å². The molecule has 0 aliphatic carbocycles. The number of hydrogen-bond acceptors (Lipinski definition) is 5. The number of carbonyl (C=O) groups is 1. The molecule has 2 aromatic carbocycles. The van der Waals surface area contributed by atoms with Gasteiger partial charge in [-0.2, -0.15) is 4.52 Å². The summed E-state index contributed by atoms with van der Waals surface area (Å²) < 4.78 is 1.73. The highest BCUT2D eigenvalue weighted by Crippen LogP contribution is 2.19. The summed E-state index contributed by atoms with van der Waals surface area (Å²) in [4.78, 5) is 14.7. The van der Waals surface area contributed by atoms with Gasteiger partial charge in [-0.15, -0.1) is 15.3 Å². The number of fused-ring (bicyclic) bond motifs is 2. The zero-order chi connectivity index (χ0) is 21.0. The Morgan fingerprint density at radius 2 is 1.74 bits per heavy atom. The van der Waals surface area contributed by atoms with Crippen LogP contribution in [0.25, 0.3) is 5.65 Å². The Labute approximate surface area is 180 Å². The van der Waals surface area contributed by atoms with E-state index < -0.39 is 0 Å². The second-order valence-electron chi connectivity index (χ2n) is 7.78. The molecule has 0 saturated heterocycles. The van der Waals surface area contributed by atoms with E-state index in [0.717, 1.165) is 18.8 Å². The van der Waals surface area contributed by atoms with Gasteiger partial charge in [0, 0.05) is 32.5 Å². The van der Waals surface area contributed by atoms with Gasteiger partial charge in [0.25, 0.3) is 0 Å². The Kier molecular flexibility index (Phi) is 5.31. The minimum absolute atomic E-state index is 0.143. The maximum atomic E-state index is 12.8. The lowest BCUT2D eigenvalue weighted by molar-refractivity contribution is -0.132. The molecule has 1 aliphatic rings. The summed E-state index contributed by atoms with van der Waals surface area (Å²) in [6, 6.07) is 22.3. The molecular weight excluding hydrogens is 388 g/mol. The number of nitrogens with zero attached hydrogens (tertiary/aromatic N) is 5. The highest BCUT2D eigenvalue weighted by atomic mass is 16.2. The summed E-state index contributed by atoms with van der Waals surface area (Å²) in [7, 11) is 0. The lowest BCUT2D eigenvalue weighted by Crippen LogP contribution is -2.36. The van der Waals surface area contributed by atoms with E-state index in [-0.39, 0.29) is 5.91 Å². The molecule has 0 fully saturated rings. The number of amides is 1. The molecule has 1 N–H and O–H groups in total. The molecule has 3 heterocycles. The average molecular weight is 412 g/mol. The summed E-state index contributed by atoms with van der Waals surface area (Å²) in [6.45, 7) is 2.13. The summed E-state index contributed by atoms with van der Waals surface area (Å²) >= 11 is 0. The van der Waals surface area contributed by atoms with E-state index in [2.05, 4.69) is 50.9 Å². The number of benzene rings is 2. The van der Waals surface area contributed by atoms with Crippen molar-refractivity contribution in [3.05, 3.63) is 89.2 Å². The van der Waals surface area contributed by atoms with Gasteiger partial charge in [-0.05, 0) is 35.2 Å². The summed E-state index contributed by atoms with van der Waals surface area (Å²) in [5.41, 5.74) is 4.45. The molecule has 1 amide bonds. The number of anilines is 1. The standard InChI is InChI=1S/C24H24N6O/c31-24(29-15-14-19-8-4-5-9-20(19)17-29)13-12-23-27-26-22-11-10-21(28-30(22)23)25-16-18-6-2-1-3-7-18/h1-11H,12-17H2,(H,25,28). The fourth-order valence-electron chi connectivity index (χ4n) is 3.96. The van der Waals surface area contributed by atoms with Crippen molar-refractivity contribution in [1.82, 2.24) is 24.7 Å². The minimum atomic E-state index is 0.143. The van der Waals surface area contributed by atoms with Gasteiger partial charge in [0.1, 0.15) is 5.82 Å². The lowest BCUT2D eigenvalue weighted by Gasteiger charge is -2.28. The van der Waals surface area contributed by atoms with Crippen molar-refractivity contribution >= 4 is 17.4 Å². The summed E-state index contributed by atoms with van der Waals surface area (Å²) in [5, 5.41) is 16.4. The second-order valence-corrected chi connectivity index (χ2v) is 7.78. The van der Waals surface area contributed by atoms with Crippen molar-refractivity contribution in [3.8, 4) is 0 Å². The van der Waals surface area contributed by atoms with Crippen LogP contribution in [-0.2, 0) is 30.7 Å². The van der Waals surface area contributed by atoms with Gasteiger partial charge in [-0.3, -0.25) is 4.79 Å². The van der Waals surface area contributed by atoms with Crippen LogP contribution in [0.15, 0.2) is 66.7 Å². The Hall–Kier alpha value is -3.74. The number of nitrogens with one attached hydrogen (secondary N) is 1. The van der Waals surface area contributed by atoms with Gasteiger partial charge in [-0.1, -0.05) is 54.6 Å². The maximum Gasteiger partial charge on any atom is 0.223 e. The zero-order valence-electron chi connectivity index (χ0n) is 17.2. The van der Waals surface area contributed by atoms with Crippen LogP contribution in [-0.4, -0.2) is 37.2 Å². The molecule has 0 saturated carbocycles. The largest absolute Gasteiger partial charge is 0.365 e. The first-order valence-corrected chi connectivity index (χ1v) is 10.6. The Balaban J connectivity index is 1.23. The molecule has 1 aliphatic heterocycles. The van der Waals surface area contributed by atoms with Crippen LogP contribution in [0.2, 0.25) is 0 Å². The molecule has 2 aromatic heterocycles. The quantitative estimate of drug-likeness (QED) is 0.526. The van der Waals surface area contributed by atoms with E-state index in [1.54, 1.807) is 4.52 Å². The van der Waals surface area contributed by atoms with Crippen LogP contribution >= 0.6 is 0 Å². The molecule has 31 heavy (non-hydrogen) atoms. The van der Waals surface area contributed by atoms with Crippen molar-refractivity contribution in [2.24, 2.45) is 0 Å². The highest BCUT2D eigenvalue weighted by Gasteiger charge is 2.21. The number of aryl methyl sites for hydroxylation is 1. The molecule has 0 radical (unpaired) electrons. The molecule has 5 rings (SSSR count). The normalized spacial score (nSPS) is 13.2. The number of rotatable bonds is 6. The highest BCUT2D eigenvalue weighted by molar-refractivity contribution is 5.76. The van der Waals surface area contributed by atoms with Crippen LogP contribution in [0.5, 0.6) is 0 Å². The van der Waals surface area contributed by atoms with Crippen molar-refractivity contribution in [2.45, 2.75) is 32.4 Å². The minimum Gasteiger partial charge on any atom is -0.365 e. The first kappa shape index (κ1) is 19.2. The predicted molar refractivity (Wildman–Crippen MR) is 118 cm³/mol. The van der Waals surface area contributed by atoms with Crippen LogP contribution in [0.3, 0.4) is 0 Å². The topological polar surface area (TPSA) is 75.4 Å². The Bertz CT molecular complexity index is 1200. The van der Waals surface area contributed by atoms with E-state index in [4.69, 9.17) is 0 Å². The van der Waals surface area contributed by atoms with E-state index in [1.807, 2.05) is 41.3 Å². The van der Waals surface area contributed by atoms with Crippen LogP contribution in [0, 0.1) is 0 Å². The van der Waals surface area contributed by atoms with E-state index in [9.17, 15) is 4.79 Å². The fourth-order valence-corrected chi connectivity index (χ4v) is 3.96. The molecule has 0 atom stereocenters. The number of hydrogen-bond donors (Lipinski definition) is 1. The van der Waals surface area contributed by atoms with Crippen LogP contribution in [0.1, 0.15) is 28.9 Å². The average Bonchev–Trinajstić information content (AvgIpc) is 3.23. The zero-order valence-corrected chi connectivity index (χ0v) is 17.2. The number of carbonyl (C=O) groups excluding carboxylic acids is 1. The third kappa shape index (κ3) is 4.26. The molecule has 0 bridgehead atoms. The summed E-state index contributed by atoms with van der Waals surface area (Å²) in [5.74, 6) is 1.59. The Morgan fingerprint density at radius 3 is 2.61 bits per heavy atom. The predicted octanol–water partition coefficient (Wildman–Crippen LogP) is 3.25. The smallest absolute Gasteiger partial charge is 0.223 e. The fraction of sp³-hybridized carbons (Fsp3) is 0.250. The molecule has 156 valence electrons. The summed E-state index contributed by atoms with van der Waals surface area (Å²) in [6.07, 6.45) is 1.81. The second kappa shape index (κ2) is 8.55. The van der Waals surface area contributed by atoms with Gasteiger partial charge in [0.15, 0.2) is 11.5 Å². The van der Waals surface area contributed by atoms with Gasteiger partial charge in [-0.25, -0.2) is 0 Å². The first-order valence-electron chi connectivity index (χ1n) is 10.6. The van der Waals surface area contributed by atoms with Gasteiger partial charge in [0.05, 0.1) is 0 Å². The Morgan fingerprint density at radius 1 is 0.935 bits per heavy atom. The van der Waals surface area contributed by atoms with Crippen molar-refractivity contribution in [3.63, 3.8) is 0 Å². The van der Waals surface area contributed by atoms with Gasteiger partial charge in [0.2, 0.25) is 5.91 Å². The molecule has 7 nitrogen and oxygen atoms in total. The third-order valence-electron chi connectivity index (χ3n) is 5.69. The maximum absolute atomic E-state index is 12.8. The van der Waals surface area contributed by atoms with Gasteiger partial charge < -0.3 is 10.2 Å². The van der Waals surface area contributed by atoms with Crippen molar-refractivity contribution in [1.29, 1.82) is 0 Å². The molecule has 0 spiro atoms. The van der Waals surface area contributed by atoms with Gasteiger partial charge >= 0.3 is 0 Å².